The molecule has 1 unspecified atom stereocenters. The summed E-state index contributed by atoms with van der Waals surface area (Å²) in [5.41, 5.74) is 3.31. The molecule has 0 heterocycles. The highest BCUT2D eigenvalue weighted by molar-refractivity contribution is 7.90. The van der Waals surface area contributed by atoms with E-state index in [2.05, 4.69) is 4.72 Å². The number of carbonyl (C=O) groups is 1. The highest BCUT2D eigenvalue weighted by Gasteiger charge is 2.34. The predicted molar refractivity (Wildman–Crippen MR) is 160 cm³/mol. The summed E-state index contributed by atoms with van der Waals surface area (Å²) in [6.45, 7) is 0. The van der Waals surface area contributed by atoms with Gasteiger partial charge in [0.1, 0.15) is 17.2 Å². The number of ether oxygens (including phenoxy) is 2. The van der Waals surface area contributed by atoms with Crippen molar-refractivity contribution in [1.82, 2.24) is 4.72 Å². The Labute approximate surface area is 239 Å². The zero-order valence-electron chi connectivity index (χ0n) is 22.5. The topological polar surface area (TPSA) is 81.7 Å². The van der Waals surface area contributed by atoms with Crippen LogP contribution in [0, 0.1) is 0 Å². The van der Waals surface area contributed by atoms with Gasteiger partial charge in [-0.25, -0.2) is 13.1 Å². The molecule has 0 bridgehead atoms. The minimum Gasteiger partial charge on any atom is -0.496 e. The number of carbonyl (C=O) groups excluding carboxylic acids is 1. The Morgan fingerprint density at radius 3 is 2.34 bits per heavy atom. The average Bonchev–Trinajstić information content (AvgIpc) is 3.00. The largest absolute Gasteiger partial charge is 0.496 e. The van der Waals surface area contributed by atoms with Gasteiger partial charge in [-0.15, -0.1) is 0 Å². The van der Waals surface area contributed by atoms with E-state index in [1.54, 1.807) is 25.3 Å². The highest BCUT2D eigenvalue weighted by Crippen LogP contribution is 2.45. The van der Waals surface area contributed by atoms with Crippen LogP contribution in [0.4, 0.5) is 0 Å². The lowest BCUT2D eigenvalue weighted by molar-refractivity contribution is -0.121. The summed E-state index contributed by atoms with van der Waals surface area (Å²) in [5.74, 6) is 0.754. The molecule has 5 aromatic rings. The molecular formula is C34H29NO5S. The zero-order chi connectivity index (χ0) is 28.4. The molecule has 1 aliphatic carbocycles. The van der Waals surface area contributed by atoms with Crippen molar-refractivity contribution in [3.8, 4) is 28.4 Å². The second-order valence-electron chi connectivity index (χ2n) is 10.0. The molecule has 0 aliphatic heterocycles. The first-order valence-corrected chi connectivity index (χ1v) is 15.0. The summed E-state index contributed by atoms with van der Waals surface area (Å²) >= 11 is 0. The maximum Gasteiger partial charge on any atom is 0.264 e. The molecule has 7 heteroatoms. The molecule has 6 nitrogen and oxygen atoms in total. The molecule has 41 heavy (non-hydrogen) atoms. The van der Waals surface area contributed by atoms with Gasteiger partial charge in [-0.2, -0.15) is 0 Å². The van der Waals surface area contributed by atoms with Crippen LogP contribution >= 0.6 is 0 Å². The summed E-state index contributed by atoms with van der Waals surface area (Å²) in [5, 5.41) is 1.35. The van der Waals surface area contributed by atoms with E-state index in [-0.39, 0.29) is 4.90 Å². The van der Waals surface area contributed by atoms with Crippen LogP contribution in [-0.4, -0.2) is 21.4 Å². The van der Waals surface area contributed by atoms with Gasteiger partial charge in [-0.05, 0) is 71.7 Å². The van der Waals surface area contributed by atoms with Crippen molar-refractivity contribution in [2.75, 3.05) is 7.11 Å². The highest BCUT2D eigenvalue weighted by atomic mass is 32.2. The third-order valence-electron chi connectivity index (χ3n) is 7.54. The molecule has 0 aromatic heterocycles. The van der Waals surface area contributed by atoms with E-state index in [9.17, 15) is 13.2 Å². The van der Waals surface area contributed by atoms with Gasteiger partial charge in [-0.1, -0.05) is 78.9 Å². The van der Waals surface area contributed by atoms with Gasteiger partial charge in [0.25, 0.3) is 10.0 Å². The number of nitrogens with one attached hydrogen (secondary N) is 1. The molecule has 1 aliphatic rings. The van der Waals surface area contributed by atoms with Gasteiger partial charge >= 0.3 is 0 Å². The number of rotatable bonds is 7. The molecular weight excluding hydrogens is 534 g/mol. The van der Waals surface area contributed by atoms with Crippen LogP contribution in [0.1, 0.15) is 29.9 Å². The number of para-hydroxylation sites is 2. The van der Waals surface area contributed by atoms with E-state index in [1.165, 1.54) is 6.07 Å². The Morgan fingerprint density at radius 2 is 1.51 bits per heavy atom. The van der Waals surface area contributed by atoms with Crippen LogP contribution < -0.4 is 14.2 Å². The molecule has 1 atom stereocenters. The lowest BCUT2D eigenvalue weighted by Gasteiger charge is -2.29. The number of sulfonamides is 1. The van der Waals surface area contributed by atoms with Crippen molar-refractivity contribution in [3.05, 3.63) is 120 Å². The Bertz CT molecular complexity index is 1850. The maximum atomic E-state index is 13.9. The van der Waals surface area contributed by atoms with E-state index < -0.39 is 21.8 Å². The second kappa shape index (κ2) is 11.1. The number of amides is 1. The number of methoxy groups -OCH3 is 1. The van der Waals surface area contributed by atoms with E-state index >= 15 is 0 Å². The van der Waals surface area contributed by atoms with Crippen molar-refractivity contribution in [2.24, 2.45) is 0 Å². The second-order valence-corrected chi connectivity index (χ2v) is 11.7. The number of benzene rings is 5. The molecule has 6 rings (SSSR count). The van der Waals surface area contributed by atoms with Gasteiger partial charge < -0.3 is 9.47 Å². The normalized spacial score (nSPS) is 14.7. The fourth-order valence-electron chi connectivity index (χ4n) is 5.70. The summed E-state index contributed by atoms with van der Waals surface area (Å²) in [4.78, 5) is 14.0. The molecule has 206 valence electrons. The number of fused-ring (bicyclic) bond motifs is 2. The Balaban J connectivity index is 1.42. The zero-order valence-corrected chi connectivity index (χ0v) is 23.4. The van der Waals surface area contributed by atoms with Gasteiger partial charge in [-0.3, -0.25) is 4.79 Å². The summed E-state index contributed by atoms with van der Waals surface area (Å²) in [6, 6.07) is 33.3. The minimum atomic E-state index is -4.14. The first-order chi connectivity index (χ1) is 20.0. The standard InChI is InChI=1S/C34H29NO5S/c1-39-30-22-21-27(26-16-7-8-19-31(26)40-24-13-3-2-4-14-24)33-28(30)17-10-18-29(33)34(36)35-41(37,38)32-20-9-12-23-11-5-6-15-25(23)32/h2-9,11-16,19-22,29H,10,17-18H2,1H3,(H,35,36). The van der Waals surface area contributed by atoms with Crippen LogP contribution in [0.2, 0.25) is 0 Å². The van der Waals surface area contributed by atoms with E-state index in [0.717, 1.165) is 34.1 Å². The van der Waals surface area contributed by atoms with Crippen molar-refractivity contribution in [3.63, 3.8) is 0 Å². The monoisotopic (exact) mass is 563 g/mol. The molecule has 0 saturated carbocycles. The molecule has 0 fully saturated rings. The molecule has 0 spiro atoms. The van der Waals surface area contributed by atoms with E-state index in [4.69, 9.17) is 9.47 Å². The molecule has 1 N–H and O–H groups in total. The fraction of sp³-hybridized carbons (Fsp3) is 0.147. The summed E-state index contributed by atoms with van der Waals surface area (Å²) in [7, 11) is -2.53. The quantitative estimate of drug-likeness (QED) is 0.226. The molecule has 0 saturated heterocycles. The van der Waals surface area contributed by atoms with E-state index in [1.807, 2.05) is 84.9 Å². The van der Waals surface area contributed by atoms with Crippen molar-refractivity contribution in [1.29, 1.82) is 0 Å². The molecule has 1 amide bonds. The Morgan fingerprint density at radius 1 is 0.780 bits per heavy atom. The SMILES string of the molecule is COc1ccc(-c2ccccc2Oc2ccccc2)c2c1CCCC2C(=O)NS(=O)(=O)c1cccc2ccccc12. The van der Waals surface area contributed by atoms with Crippen molar-refractivity contribution >= 4 is 26.7 Å². The fourth-order valence-corrected chi connectivity index (χ4v) is 6.95. The van der Waals surface area contributed by atoms with Crippen LogP contribution in [0.15, 0.2) is 114 Å². The van der Waals surface area contributed by atoms with Crippen LogP contribution in [0.5, 0.6) is 17.2 Å². The molecule has 0 radical (unpaired) electrons. The minimum absolute atomic E-state index is 0.0763. The van der Waals surface area contributed by atoms with Crippen molar-refractivity contribution < 1.29 is 22.7 Å². The van der Waals surface area contributed by atoms with Gasteiger partial charge in [0.2, 0.25) is 5.91 Å². The van der Waals surface area contributed by atoms with Crippen LogP contribution in [0.25, 0.3) is 21.9 Å². The van der Waals surface area contributed by atoms with Gasteiger partial charge in [0, 0.05) is 10.9 Å². The lowest BCUT2D eigenvalue weighted by atomic mass is 9.77. The van der Waals surface area contributed by atoms with Crippen LogP contribution in [0.3, 0.4) is 0 Å². The smallest absolute Gasteiger partial charge is 0.264 e. The Kier molecular flexibility index (Phi) is 7.20. The van der Waals surface area contributed by atoms with Crippen molar-refractivity contribution in [2.45, 2.75) is 30.1 Å². The lowest BCUT2D eigenvalue weighted by Crippen LogP contribution is -2.36. The van der Waals surface area contributed by atoms with Gasteiger partial charge in [0.05, 0.1) is 17.9 Å². The summed E-state index contributed by atoms with van der Waals surface area (Å²) in [6.07, 6.45) is 1.95. The third kappa shape index (κ3) is 5.16. The first kappa shape index (κ1) is 26.6. The van der Waals surface area contributed by atoms with E-state index in [0.29, 0.717) is 35.5 Å². The average molecular weight is 564 g/mol. The third-order valence-corrected chi connectivity index (χ3v) is 8.95. The molecule has 5 aromatic carbocycles. The number of hydrogen-bond acceptors (Lipinski definition) is 5. The first-order valence-electron chi connectivity index (χ1n) is 13.5. The van der Waals surface area contributed by atoms with Gasteiger partial charge in [0.15, 0.2) is 0 Å². The summed E-state index contributed by atoms with van der Waals surface area (Å²) < 4.78 is 41.5. The Hall–Kier alpha value is -4.62. The van der Waals surface area contributed by atoms with Crippen LogP contribution in [-0.2, 0) is 21.2 Å². The predicted octanol–water partition coefficient (Wildman–Crippen LogP) is 7.23. The number of hydrogen-bond donors (Lipinski definition) is 1. The maximum absolute atomic E-state index is 13.9.